The second kappa shape index (κ2) is 6.46. The molecule has 0 saturated carbocycles. The number of carbonyl (C=O) groups is 2. The summed E-state index contributed by atoms with van der Waals surface area (Å²) < 4.78 is 5.09. The summed E-state index contributed by atoms with van der Waals surface area (Å²) in [5.41, 5.74) is 0.0193. The minimum absolute atomic E-state index is 0.00222. The van der Waals surface area contributed by atoms with E-state index in [9.17, 15) is 14.7 Å². The van der Waals surface area contributed by atoms with Crippen molar-refractivity contribution in [1.29, 1.82) is 5.41 Å². The molecule has 118 valence electrons. The predicted molar refractivity (Wildman–Crippen MR) is 79.9 cm³/mol. The zero-order valence-electron chi connectivity index (χ0n) is 12.6. The van der Waals surface area contributed by atoms with E-state index in [2.05, 4.69) is 0 Å². The molecule has 7 nitrogen and oxygen atoms in total. The highest BCUT2D eigenvalue weighted by Crippen LogP contribution is 2.13. The van der Waals surface area contributed by atoms with Crippen LogP contribution >= 0.6 is 0 Å². The zero-order valence-corrected chi connectivity index (χ0v) is 12.6. The Morgan fingerprint density at radius 2 is 1.77 bits per heavy atom. The lowest BCUT2D eigenvalue weighted by atomic mass is 10.1. The zero-order chi connectivity index (χ0) is 16.3. The summed E-state index contributed by atoms with van der Waals surface area (Å²) in [4.78, 5) is 27.0. The summed E-state index contributed by atoms with van der Waals surface area (Å²) in [6.45, 7) is 4.42. The van der Waals surface area contributed by atoms with Crippen LogP contribution < -0.4 is 0 Å². The predicted octanol–water partition coefficient (Wildman–Crippen LogP) is 1.44. The van der Waals surface area contributed by atoms with Gasteiger partial charge in [0.05, 0.1) is 11.8 Å². The van der Waals surface area contributed by atoms with Crippen LogP contribution in [0.2, 0.25) is 0 Å². The van der Waals surface area contributed by atoms with E-state index < -0.39 is 0 Å². The Balaban J connectivity index is 2.00. The Bertz CT molecular complexity index is 607. The van der Waals surface area contributed by atoms with Gasteiger partial charge in [0, 0.05) is 26.2 Å². The van der Waals surface area contributed by atoms with Crippen LogP contribution in [0.1, 0.15) is 24.4 Å². The molecule has 0 radical (unpaired) electrons. The first-order valence-electron chi connectivity index (χ1n) is 6.99. The molecule has 22 heavy (non-hydrogen) atoms. The summed E-state index contributed by atoms with van der Waals surface area (Å²) in [5, 5.41) is 17.6. The molecule has 1 saturated heterocycles. The number of rotatable bonds is 3. The van der Waals surface area contributed by atoms with Crippen molar-refractivity contribution < 1.29 is 19.1 Å². The molecule has 1 aromatic heterocycles. The summed E-state index contributed by atoms with van der Waals surface area (Å²) >= 11 is 0. The maximum atomic E-state index is 12.1. The summed E-state index contributed by atoms with van der Waals surface area (Å²) in [6, 6.07) is 3.27. The quantitative estimate of drug-likeness (QED) is 0.381. The molecule has 0 aromatic carbocycles. The third-order valence-electron chi connectivity index (χ3n) is 3.57. The molecule has 1 fully saturated rings. The van der Waals surface area contributed by atoms with Crippen LogP contribution in [0, 0.1) is 5.41 Å². The van der Waals surface area contributed by atoms with Crippen LogP contribution in [-0.2, 0) is 4.79 Å². The molecule has 0 atom stereocenters. The molecular weight excluding hydrogens is 286 g/mol. The second-order valence-corrected chi connectivity index (χ2v) is 5.12. The maximum Gasteiger partial charge on any atom is 0.289 e. The molecular formula is C15H19N3O4. The van der Waals surface area contributed by atoms with E-state index in [-0.39, 0.29) is 28.9 Å². The molecule has 1 aliphatic rings. The number of nitrogens with one attached hydrogen (secondary N) is 1. The van der Waals surface area contributed by atoms with E-state index in [1.54, 1.807) is 21.9 Å². The van der Waals surface area contributed by atoms with E-state index in [1.807, 2.05) is 0 Å². The monoisotopic (exact) mass is 305 g/mol. The standard InChI is InChI=1S/C15H19N3O4/c1-10(19)13(11(2)20)14(16)17-5-7-18(8-6-17)15(21)12-4-3-9-22-12/h3-4,9,16,19H,5-8H2,1-2H3. The van der Waals surface area contributed by atoms with E-state index in [4.69, 9.17) is 9.83 Å². The number of carbonyl (C=O) groups excluding carboxylic acids is 2. The number of piperazine rings is 1. The molecule has 2 N–H and O–H groups in total. The number of nitrogens with zero attached hydrogens (tertiary/aromatic N) is 2. The van der Waals surface area contributed by atoms with Crippen molar-refractivity contribution in [2.75, 3.05) is 26.2 Å². The van der Waals surface area contributed by atoms with Gasteiger partial charge in [0.25, 0.3) is 5.91 Å². The molecule has 1 aliphatic heterocycles. The van der Waals surface area contributed by atoms with Crippen LogP contribution in [0.4, 0.5) is 0 Å². The first kappa shape index (κ1) is 15.8. The van der Waals surface area contributed by atoms with Crippen molar-refractivity contribution >= 4 is 17.5 Å². The van der Waals surface area contributed by atoms with Crippen molar-refractivity contribution in [2.45, 2.75) is 13.8 Å². The fourth-order valence-corrected chi connectivity index (χ4v) is 2.44. The number of Topliss-reactive ketones (excluding diaryl/α,β-unsaturated/α-hetero) is 1. The van der Waals surface area contributed by atoms with Crippen LogP contribution in [0.15, 0.2) is 34.1 Å². The Labute approximate surface area is 128 Å². The molecule has 0 aliphatic carbocycles. The van der Waals surface area contributed by atoms with Gasteiger partial charge in [0.2, 0.25) is 0 Å². The van der Waals surface area contributed by atoms with Crippen molar-refractivity contribution in [3.63, 3.8) is 0 Å². The number of hydrogen-bond acceptors (Lipinski definition) is 5. The molecule has 0 bridgehead atoms. The van der Waals surface area contributed by atoms with Gasteiger partial charge >= 0.3 is 0 Å². The van der Waals surface area contributed by atoms with Crippen LogP contribution in [0.3, 0.4) is 0 Å². The number of ketones is 1. The summed E-state index contributed by atoms with van der Waals surface area (Å²) in [6.07, 6.45) is 1.45. The number of allylic oxidation sites excluding steroid dienone is 1. The Morgan fingerprint density at radius 3 is 2.23 bits per heavy atom. The summed E-state index contributed by atoms with van der Waals surface area (Å²) in [5.74, 6) is -0.404. The molecule has 7 heteroatoms. The Morgan fingerprint density at radius 1 is 1.18 bits per heavy atom. The Kier molecular flexibility index (Phi) is 4.65. The summed E-state index contributed by atoms with van der Waals surface area (Å²) in [7, 11) is 0. The third kappa shape index (κ3) is 3.19. The highest BCUT2D eigenvalue weighted by molar-refractivity contribution is 6.19. The normalized spacial score (nSPS) is 16.3. The fraction of sp³-hybridized carbons (Fsp3) is 0.400. The van der Waals surface area contributed by atoms with Crippen LogP contribution in [0.25, 0.3) is 0 Å². The maximum absolute atomic E-state index is 12.1. The van der Waals surface area contributed by atoms with Crippen molar-refractivity contribution in [3.05, 3.63) is 35.5 Å². The highest BCUT2D eigenvalue weighted by Gasteiger charge is 2.27. The highest BCUT2D eigenvalue weighted by atomic mass is 16.3. The van der Waals surface area contributed by atoms with E-state index in [0.29, 0.717) is 31.9 Å². The minimum Gasteiger partial charge on any atom is -0.512 e. The SMILES string of the molecule is CC(=O)C(C(=N)N1CCN(C(=O)c2ccco2)CC1)=C(C)O. The molecule has 1 amide bonds. The molecule has 0 spiro atoms. The van der Waals surface area contributed by atoms with E-state index in [1.165, 1.54) is 20.1 Å². The van der Waals surface area contributed by atoms with Gasteiger partial charge in [0.1, 0.15) is 11.6 Å². The van der Waals surface area contributed by atoms with Gasteiger partial charge in [-0.1, -0.05) is 0 Å². The Hall–Kier alpha value is -2.57. The smallest absolute Gasteiger partial charge is 0.289 e. The van der Waals surface area contributed by atoms with Crippen molar-refractivity contribution in [1.82, 2.24) is 9.80 Å². The average molecular weight is 305 g/mol. The van der Waals surface area contributed by atoms with Gasteiger partial charge in [0.15, 0.2) is 11.5 Å². The number of furan rings is 1. The van der Waals surface area contributed by atoms with Gasteiger partial charge in [-0.3, -0.25) is 15.0 Å². The van der Waals surface area contributed by atoms with Crippen LogP contribution in [-0.4, -0.2) is 58.6 Å². The van der Waals surface area contributed by atoms with Gasteiger partial charge in [-0.15, -0.1) is 0 Å². The topological polar surface area (TPSA) is 97.8 Å². The van der Waals surface area contributed by atoms with E-state index in [0.717, 1.165) is 0 Å². The van der Waals surface area contributed by atoms with Crippen molar-refractivity contribution in [2.24, 2.45) is 0 Å². The largest absolute Gasteiger partial charge is 0.512 e. The first-order chi connectivity index (χ1) is 10.4. The number of aliphatic hydroxyl groups is 1. The number of amides is 1. The van der Waals surface area contributed by atoms with Gasteiger partial charge in [-0.2, -0.15) is 0 Å². The number of amidine groups is 1. The fourth-order valence-electron chi connectivity index (χ4n) is 2.44. The lowest BCUT2D eigenvalue weighted by molar-refractivity contribution is -0.113. The first-order valence-corrected chi connectivity index (χ1v) is 6.99. The van der Waals surface area contributed by atoms with E-state index >= 15 is 0 Å². The third-order valence-corrected chi connectivity index (χ3v) is 3.57. The molecule has 2 rings (SSSR count). The number of hydrogen-bond donors (Lipinski definition) is 2. The minimum atomic E-state index is -0.348. The van der Waals surface area contributed by atoms with Gasteiger partial charge < -0.3 is 19.3 Å². The molecule has 1 aromatic rings. The molecule has 2 heterocycles. The van der Waals surface area contributed by atoms with Gasteiger partial charge in [-0.05, 0) is 26.0 Å². The van der Waals surface area contributed by atoms with Crippen LogP contribution in [0.5, 0.6) is 0 Å². The number of aliphatic hydroxyl groups excluding tert-OH is 1. The lowest BCUT2D eigenvalue weighted by Gasteiger charge is -2.36. The average Bonchev–Trinajstić information content (AvgIpc) is 3.00. The van der Waals surface area contributed by atoms with Gasteiger partial charge in [-0.25, -0.2) is 0 Å². The van der Waals surface area contributed by atoms with Crippen molar-refractivity contribution in [3.8, 4) is 0 Å². The lowest BCUT2D eigenvalue weighted by Crippen LogP contribution is -2.51. The second-order valence-electron chi connectivity index (χ2n) is 5.12. The molecule has 0 unspecified atom stereocenters.